The molecule has 7 nitrogen and oxygen atoms in total. The number of carbonyl (C=O) groups is 1. The Bertz CT molecular complexity index is 1020. The summed E-state index contributed by atoms with van der Waals surface area (Å²) in [6.07, 6.45) is 1.58. The molecule has 0 bridgehead atoms. The van der Waals surface area contributed by atoms with E-state index in [1.54, 1.807) is 13.4 Å². The SMILES string of the molecule is COc1ccc(-c2cc(N3CCN(C(=O)Nc4ccccc4Br)CC3)ncn2)cc1. The molecule has 0 spiro atoms. The number of hydrogen-bond acceptors (Lipinski definition) is 5. The number of carbonyl (C=O) groups excluding carboxylic acids is 1. The van der Waals surface area contributed by atoms with Gasteiger partial charge in [-0.1, -0.05) is 12.1 Å². The van der Waals surface area contributed by atoms with Crippen LogP contribution in [0, 0.1) is 0 Å². The number of halogens is 1. The van der Waals surface area contributed by atoms with E-state index in [9.17, 15) is 4.79 Å². The number of hydrogen-bond donors (Lipinski definition) is 1. The predicted molar refractivity (Wildman–Crippen MR) is 121 cm³/mol. The molecule has 0 radical (unpaired) electrons. The van der Waals surface area contributed by atoms with Crippen molar-refractivity contribution >= 4 is 33.5 Å². The number of nitrogens with one attached hydrogen (secondary N) is 1. The molecule has 1 aromatic heterocycles. The summed E-state index contributed by atoms with van der Waals surface area (Å²) < 4.78 is 6.08. The zero-order chi connectivity index (χ0) is 20.9. The average molecular weight is 468 g/mol. The highest BCUT2D eigenvalue weighted by Crippen LogP contribution is 2.24. The molecule has 0 atom stereocenters. The van der Waals surface area contributed by atoms with Gasteiger partial charge in [0.05, 0.1) is 18.5 Å². The molecule has 0 saturated carbocycles. The highest BCUT2D eigenvalue weighted by atomic mass is 79.9. The average Bonchev–Trinajstić information content (AvgIpc) is 2.81. The van der Waals surface area contributed by atoms with Crippen LogP contribution in [0.5, 0.6) is 5.75 Å². The lowest BCUT2D eigenvalue weighted by Crippen LogP contribution is -2.50. The summed E-state index contributed by atoms with van der Waals surface area (Å²) in [6, 6.07) is 17.3. The fourth-order valence-electron chi connectivity index (χ4n) is 3.34. The van der Waals surface area contributed by atoms with E-state index in [0.717, 1.165) is 33.0 Å². The van der Waals surface area contributed by atoms with Gasteiger partial charge in [0.15, 0.2) is 0 Å². The van der Waals surface area contributed by atoms with Crippen molar-refractivity contribution < 1.29 is 9.53 Å². The summed E-state index contributed by atoms with van der Waals surface area (Å²) in [5, 5.41) is 2.96. The van der Waals surface area contributed by atoms with E-state index in [2.05, 4.69) is 36.1 Å². The molecule has 30 heavy (non-hydrogen) atoms. The summed E-state index contributed by atoms with van der Waals surface area (Å²) in [7, 11) is 1.65. The number of methoxy groups -OCH3 is 1. The first kappa shape index (κ1) is 20.2. The van der Waals surface area contributed by atoms with Crippen LogP contribution in [0.1, 0.15) is 0 Å². The highest BCUT2D eigenvalue weighted by molar-refractivity contribution is 9.10. The lowest BCUT2D eigenvalue weighted by atomic mass is 10.1. The van der Waals surface area contributed by atoms with Crippen molar-refractivity contribution in [1.29, 1.82) is 0 Å². The largest absolute Gasteiger partial charge is 0.497 e. The van der Waals surface area contributed by atoms with E-state index in [-0.39, 0.29) is 6.03 Å². The van der Waals surface area contributed by atoms with Gasteiger partial charge < -0.3 is 19.9 Å². The first-order valence-electron chi connectivity index (χ1n) is 9.66. The number of amides is 2. The molecule has 1 aliphatic heterocycles. The number of urea groups is 1. The highest BCUT2D eigenvalue weighted by Gasteiger charge is 2.22. The molecular weight excluding hydrogens is 446 g/mol. The third-order valence-electron chi connectivity index (χ3n) is 5.04. The lowest BCUT2D eigenvalue weighted by Gasteiger charge is -2.35. The third kappa shape index (κ3) is 4.54. The van der Waals surface area contributed by atoms with Crippen molar-refractivity contribution in [3.05, 3.63) is 65.4 Å². The fraction of sp³-hybridized carbons (Fsp3) is 0.227. The van der Waals surface area contributed by atoms with Crippen LogP contribution in [-0.2, 0) is 0 Å². The number of nitrogens with zero attached hydrogens (tertiary/aromatic N) is 4. The van der Waals surface area contributed by atoms with E-state index in [4.69, 9.17) is 4.74 Å². The minimum atomic E-state index is -0.0943. The van der Waals surface area contributed by atoms with Crippen molar-refractivity contribution in [2.75, 3.05) is 43.5 Å². The number of rotatable bonds is 4. The van der Waals surface area contributed by atoms with Crippen LogP contribution in [0.4, 0.5) is 16.3 Å². The van der Waals surface area contributed by atoms with Crippen LogP contribution >= 0.6 is 15.9 Å². The smallest absolute Gasteiger partial charge is 0.321 e. The fourth-order valence-corrected chi connectivity index (χ4v) is 3.72. The quantitative estimate of drug-likeness (QED) is 0.620. The molecule has 3 aromatic rings. The number of piperazine rings is 1. The standard InChI is InChI=1S/C22H22BrN5O2/c1-30-17-8-6-16(7-9-17)20-14-21(25-15-24-20)27-10-12-28(13-11-27)22(29)26-19-5-3-2-4-18(19)23/h2-9,14-15H,10-13H2,1H3,(H,26,29). The first-order valence-corrected chi connectivity index (χ1v) is 10.5. The van der Waals surface area contributed by atoms with Gasteiger partial charge in [0.1, 0.15) is 17.9 Å². The Morgan fingerprint density at radius 1 is 1.03 bits per heavy atom. The Morgan fingerprint density at radius 2 is 1.77 bits per heavy atom. The van der Waals surface area contributed by atoms with Gasteiger partial charge >= 0.3 is 6.03 Å². The van der Waals surface area contributed by atoms with E-state index in [0.29, 0.717) is 26.2 Å². The Hall–Kier alpha value is -3.13. The summed E-state index contributed by atoms with van der Waals surface area (Å²) >= 11 is 3.46. The number of para-hydroxylation sites is 1. The number of benzene rings is 2. The Morgan fingerprint density at radius 3 is 2.47 bits per heavy atom. The van der Waals surface area contributed by atoms with E-state index < -0.39 is 0 Å². The zero-order valence-corrected chi connectivity index (χ0v) is 18.2. The monoisotopic (exact) mass is 467 g/mol. The molecule has 1 aliphatic rings. The minimum Gasteiger partial charge on any atom is -0.497 e. The van der Waals surface area contributed by atoms with Crippen molar-refractivity contribution in [2.24, 2.45) is 0 Å². The summed E-state index contributed by atoms with van der Waals surface area (Å²) in [5.74, 6) is 1.67. The van der Waals surface area contributed by atoms with Gasteiger partial charge in [-0.3, -0.25) is 0 Å². The lowest BCUT2D eigenvalue weighted by molar-refractivity contribution is 0.208. The Labute approximate surface area is 183 Å². The topological polar surface area (TPSA) is 70.6 Å². The molecule has 2 heterocycles. The molecule has 2 amide bonds. The van der Waals surface area contributed by atoms with Gasteiger partial charge in [-0.15, -0.1) is 0 Å². The molecule has 0 unspecified atom stereocenters. The molecule has 1 N–H and O–H groups in total. The Balaban J connectivity index is 1.39. The Kier molecular flexibility index (Phi) is 6.13. The van der Waals surface area contributed by atoms with Gasteiger partial charge in [-0.2, -0.15) is 0 Å². The van der Waals surface area contributed by atoms with Crippen molar-refractivity contribution in [1.82, 2.24) is 14.9 Å². The van der Waals surface area contributed by atoms with Gasteiger partial charge in [0, 0.05) is 42.3 Å². The second-order valence-corrected chi connectivity index (χ2v) is 7.73. The second-order valence-electron chi connectivity index (χ2n) is 6.87. The molecular formula is C22H22BrN5O2. The van der Waals surface area contributed by atoms with Crippen LogP contribution in [0.2, 0.25) is 0 Å². The van der Waals surface area contributed by atoms with Crippen molar-refractivity contribution in [3.63, 3.8) is 0 Å². The summed E-state index contributed by atoms with van der Waals surface area (Å²) in [6.45, 7) is 2.67. The van der Waals surface area contributed by atoms with Crippen LogP contribution in [-0.4, -0.2) is 54.2 Å². The second kappa shape index (κ2) is 9.13. The summed E-state index contributed by atoms with van der Waals surface area (Å²) in [4.78, 5) is 25.4. The van der Waals surface area contributed by atoms with E-state index >= 15 is 0 Å². The van der Waals surface area contributed by atoms with Gasteiger partial charge in [-0.05, 0) is 52.3 Å². The molecule has 4 rings (SSSR count). The van der Waals surface area contributed by atoms with E-state index in [1.807, 2.05) is 59.5 Å². The maximum absolute atomic E-state index is 12.6. The zero-order valence-electron chi connectivity index (χ0n) is 16.6. The van der Waals surface area contributed by atoms with Crippen molar-refractivity contribution in [3.8, 4) is 17.0 Å². The molecule has 8 heteroatoms. The number of anilines is 2. The molecule has 1 fully saturated rings. The maximum atomic E-state index is 12.6. The van der Waals surface area contributed by atoms with Crippen LogP contribution in [0.25, 0.3) is 11.3 Å². The first-order chi connectivity index (χ1) is 14.6. The number of aromatic nitrogens is 2. The van der Waals surface area contributed by atoms with Gasteiger partial charge in [0.2, 0.25) is 0 Å². The summed E-state index contributed by atoms with van der Waals surface area (Å²) in [5.41, 5.74) is 2.63. The normalized spacial score (nSPS) is 13.8. The third-order valence-corrected chi connectivity index (χ3v) is 5.74. The molecule has 154 valence electrons. The number of ether oxygens (including phenoxy) is 1. The molecule has 2 aromatic carbocycles. The van der Waals surface area contributed by atoms with E-state index in [1.165, 1.54) is 0 Å². The van der Waals surface area contributed by atoms with Gasteiger partial charge in [0.25, 0.3) is 0 Å². The predicted octanol–water partition coefficient (Wildman–Crippen LogP) is 4.27. The molecule has 1 saturated heterocycles. The van der Waals surface area contributed by atoms with Crippen molar-refractivity contribution in [2.45, 2.75) is 0 Å². The van der Waals surface area contributed by atoms with Gasteiger partial charge in [-0.25, -0.2) is 14.8 Å². The minimum absolute atomic E-state index is 0.0943. The maximum Gasteiger partial charge on any atom is 0.321 e. The van der Waals surface area contributed by atoms with Crippen LogP contribution in [0.15, 0.2) is 65.4 Å². The van der Waals surface area contributed by atoms with Crippen LogP contribution < -0.4 is 15.0 Å². The molecule has 0 aliphatic carbocycles. The van der Waals surface area contributed by atoms with Crippen LogP contribution in [0.3, 0.4) is 0 Å².